The van der Waals surface area contributed by atoms with Gasteiger partial charge in [-0.25, -0.2) is 0 Å². The van der Waals surface area contributed by atoms with Crippen LogP contribution in [0.4, 0.5) is 0 Å². The van der Waals surface area contributed by atoms with E-state index in [2.05, 4.69) is 0 Å². The molecule has 1 aromatic carbocycles. The zero-order chi connectivity index (χ0) is 15.9. The molecule has 0 atom stereocenters. The second kappa shape index (κ2) is 7.82. The average molecular weight is 304 g/mol. The van der Waals surface area contributed by atoms with Crippen molar-refractivity contribution in [1.82, 2.24) is 4.90 Å². The number of primary amides is 1. The molecule has 0 spiro atoms. The van der Waals surface area contributed by atoms with Gasteiger partial charge >= 0.3 is 0 Å². The van der Waals surface area contributed by atoms with E-state index < -0.39 is 0 Å². The first-order valence-corrected chi connectivity index (χ1v) is 7.77. The minimum Gasteiger partial charge on any atom is -0.497 e. The van der Waals surface area contributed by atoms with E-state index in [1.54, 1.807) is 7.11 Å². The first-order valence-electron chi connectivity index (χ1n) is 7.77. The summed E-state index contributed by atoms with van der Waals surface area (Å²) in [5, 5.41) is 0. The number of rotatable bonds is 6. The zero-order valence-electron chi connectivity index (χ0n) is 13.1. The number of ether oxygens (including phenoxy) is 1. The second-order valence-corrected chi connectivity index (χ2v) is 5.85. The number of aryl methyl sites for hydroxylation is 1. The highest BCUT2D eigenvalue weighted by Crippen LogP contribution is 2.21. The van der Waals surface area contributed by atoms with Crippen LogP contribution in [-0.2, 0) is 16.0 Å². The molecule has 5 heteroatoms. The fourth-order valence-corrected chi connectivity index (χ4v) is 2.91. The van der Waals surface area contributed by atoms with Crippen LogP contribution in [0.5, 0.6) is 5.75 Å². The zero-order valence-corrected chi connectivity index (χ0v) is 13.1. The van der Waals surface area contributed by atoms with Crippen molar-refractivity contribution in [3.63, 3.8) is 0 Å². The van der Waals surface area contributed by atoms with Gasteiger partial charge in [0.05, 0.1) is 7.11 Å². The van der Waals surface area contributed by atoms with Gasteiger partial charge < -0.3 is 15.4 Å². The molecule has 22 heavy (non-hydrogen) atoms. The van der Waals surface area contributed by atoms with Gasteiger partial charge in [-0.15, -0.1) is 0 Å². The Morgan fingerprint density at radius 2 is 2.05 bits per heavy atom. The minimum atomic E-state index is -0.247. The van der Waals surface area contributed by atoms with Gasteiger partial charge in [-0.2, -0.15) is 0 Å². The molecular weight excluding hydrogens is 280 g/mol. The molecule has 120 valence electrons. The number of piperidine rings is 1. The van der Waals surface area contributed by atoms with E-state index in [0.29, 0.717) is 18.8 Å². The summed E-state index contributed by atoms with van der Waals surface area (Å²) in [6.45, 7) is 1.46. The summed E-state index contributed by atoms with van der Waals surface area (Å²) < 4.78 is 5.19. The number of methoxy groups -OCH3 is 1. The third kappa shape index (κ3) is 4.76. The van der Waals surface area contributed by atoms with Crippen LogP contribution in [0.2, 0.25) is 0 Å². The van der Waals surface area contributed by atoms with Crippen molar-refractivity contribution in [1.29, 1.82) is 0 Å². The fraction of sp³-hybridized carbons (Fsp3) is 0.529. The topological polar surface area (TPSA) is 72.6 Å². The van der Waals surface area contributed by atoms with Gasteiger partial charge in [0.2, 0.25) is 11.8 Å². The summed E-state index contributed by atoms with van der Waals surface area (Å²) >= 11 is 0. The van der Waals surface area contributed by atoms with Gasteiger partial charge in [-0.3, -0.25) is 9.59 Å². The van der Waals surface area contributed by atoms with E-state index in [0.717, 1.165) is 43.7 Å². The van der Waals surface area contributed by atoms with E-state index in [-0.39, 0.29) is 11.8 Å². The summed E-state index contributed by atoms with van der Waals surface area (Å²) in [7, 11) is 1.64. The summed E-state index contributed by atoms with van der Waals surface area (Å²) in [5.41, 5.74) is 6.33. The molecule has 1 fully saturated rings. The molecular formula is C17H24N2O3. The maximum atomic E-state index is 12.3. The number of carbonyl (C=O) groups is 2. The first-order chi connectivity index (χ1) is 10.6. The Morgan fingerprint density at radius 3 is 2.68 bits per heavy atom. The number of nitrogens with zero attached hydrogens (tertiary/aromatic N) is 1. The maximum Gasteiger partial charge on any atom is 0.222 e. The highest BCUT2D eigenvalue weighted by molar-refractivity contribution is 5.77. The third-order valence-electron chi connectivity index (χ3n) is 4.22. The van der Waals surface area contributed by atoms with Gasteiger partial charge in [0.15, 0.2) is 0 Å². The molecule has 2 N–H and O–H groups in total. The van der Waals surface area contributed by atoms with Gasteiger partial charge in [0.25, 0.3) is 0 Å². The van der Waals surface area contributed by atoms with Gasteiger partial charge in [0.1, 0.15) is 5.75 Å². The highest BCUT2D eigenvalue weighted by Gasteiger charge is 2.23. The van der Waals surface area contributed by atoms with Crippen molar-refractivity contribution in [2.45, 2.75) is 32.1 Å². The first kappa shape index (κ1) is 16.3. The van der Waals surface area contributed by atoms with Crippen molar-refractivity contribution >= 4 is 11.8 Å². The Morgan fingerprint density at radius 1 is 1.32 bits per heavy atom. The van der Waals surface area contributed by atoms with E-state index in [4.69, 9.17) is 10.5 Å². The van der Waals surface area contributed by atoms with E-state index in [1.165, 1.54) is 0 Å². The minimum absolute atomic E-state index is 0.181. The summed E-state index contributed by atoms with van der Waals surface area (Å²) in [5.74, 6) is 1.08. The van der Waals surface area contributed by atoms with Crippen LogP contribution in [0.3, 0.4) is 0 Å². The molecule has 1 aliphatic rings. The van der Waals surface area contributed by atoms with Crippen molar-refractivity contribution in [2.24, 2.45) is 11.7 Å². The van der Waals surface area contributed by atoms with Crippen LogP contribution in [0.15, 0.2) is 24.3 Å². The van der Waals surface area contributed by atoms with E-state index in [1.807, 2.05) is 29.2 Å². The Kier molecular flexibility index (Phi) is 5.81. The number of hydrogen-bond donors (Lipinski definition) is 1. The molecule has 2 rings (SSSR count). The van der Waals surface area contributed by atoms with E-state index >= 15 is 0 Å². The van der Waals surface area contributed by atoms with Crippen LogP contribution in [0, 0.1) is 5.92 Å². The Hall–Kier alpha value is -2.04. The lowest BCUT2D eigenvalue weighted by molar-refractivity contribution is -0.132. The van der Waals surface area contributed by atoms with E-state index in [9.17, 15) is 9.59 Å². The third-order valence-corrected chi connectivity index (χ3v) is 4.22. The smallest absolute Gasteiger partial charge is 0.222 e. The van der Waals surface area contributed by atoms with Crippen molar-refractivity contribution < 1.29 is 14.3 Å². The summed E-state index contributed by atoms with van der Waals surface area (Å²) in [4.78, 5) is 25.1. The van der Waals surface area contributed by atoms with Crippen LogP contribution >= 0.6 is 0 Å². The Balaban J connectivity index is 1.77. The van der Waals surface area contributed by atoms with Crippen LogP contribution in [-0.4, -0.2) is 36.9 Å². The Labute approximate surface area is 131 Å². The highest BCUT2D eigenvalue weighted by atomic mass is 16.5. The largest absolute Gasteiger partial charge is 0.497 e. The molecule has 0 radical (unpaired) electrons. The number of hydrogen-bond acceptors (Lipinski definition) is 3. The molecule has 0 bridgehead atoms. The maximum absolute atomic E-state index is 12.3. The predicted octanol–water partition coefficient (Wildman–Crippen LogP) is 1.74. The van der Waals surface area contributed by atoms with Crippen molar-refractivity contribution in [2.75, 3.05) is 20.2 Å². The number of likely N-dealkylation sites (tertiary alicyclic amines) is 1. The fourth-order valence-electron chi connectivity index (χ4n) is 2.91. The molecule has 2 amide bonds. The van der Waals surface area contributed by atoms with Crippen LogP contribution < -0.4 is 10.5 Å². The molecule has 0 aliphatic carbocycles. The molecule has 5 nitrogen and oxygen atoms in total. The van der Waals surface area contributed by atoms with Gasteiger partial charge in [-0.1, -0.05) is 12.1 Å². The van der Waals surface area contributed by atoms with Crippen molar-refractivity contribution in [3.05, 3.63) is 29.8 Å². The predicted molar refractivity (Wildman–Crippen MR) is 84.4 cm³/mol. The molecule has 1 saturated heterocycles. The summed E-state index contributed by atoms with van der Waals surface area (Å²) in [6, 6.07) is 7.81. The quantitative estimate of drug-likeness (QED) is 0.870. The lowest BCUT2D eigenvalue weighted by Gasteiger charge is -2.31. The number of carbonyl (C=O) groups excluding carboxylic acids is 2. The number of amides is 2. The standard InChI is InChI=1S/C17H24N2O3/c1-22-15-4-2-3-13(11-15)5-6-17(21)19-9-7-14(8-10-19)12-16(18)20/h2-4,11,14H,5-10,12H2,1H3,(H2,18,20). The molecule has 1 heterocycles. The van der Waals surface area contributed by atoms with Gasteiger partial charge in [0, 0.05) is 25.9 Å². The summed E-state index contributed by atoms with van der Waals surface area (Å²) in [6.07, 6.45) is 3.40. The average Bonchev–Trinajstić information content (AvgIpc) is 2.53. The van der Waals surface area contributed by atoms with Crippen LogP contribution in [0.1, 0.15) is 31.2 Å². The molecule has 1 aliphatic heterocycles. The lowest BCUT2D eigenvalue weighted by atomic mass is 9.93. The molecule has 0 unspecified atom stereocenters. The van der Waals surface area contributed by atoms with Gasteiger partial charge in [-0.05, 0) is 42.9 Å². The van der Waals surface area contributed by atoms with Crippen molar-refractivity contribution in [3.8, 4) is 5.75 Å². The number of nitrogens with two attached hydrogens (primary N) is 1. The van der Waals surface area contributed by atoms with Crippen LogP contribution in [0.25, 0.3) is 0 Å². The number of benzene rings is 1. The second-order valence-electron chi connectivity index (χ2n) is 5.85. The molecule has 0 saturated carbocycles. The molecule has 1 aromatic rings. The molecule has 0 aromatic heterocycles. The SMILES string of the molecule is COc1cccc(CCC(=O)N2CCC(CC(N)=O)CC2)c1. The monoisotopic (exact) mass is 304 g/mol. The lowest BCUT2D eigenvalue weighted by Crippen LogP contribution is -2.39. The normalized spacial score (nSPS) is 15.6. The Bertz CT molecular complexity index is 522.